The van der Waals surface area contributed by atoms with E-state index in [0.717, 1.165) is 36.2 Å². The molecule has 1 amide bonds. The average Bonchev–Trinajstić information content (AvgIpc) is 2.98. The molecule has 1 aromatic heterocycles. The van der Waals surface area contributed by atoms with Gasteiger partial charge in [-0.2, -0.15) is 0 Å². The quantitative estimate of drug-likeness (QED) is 0.662. The Balaban J connectivity index is 1.95. The van der Waals surface area contributed by atoms with Crippen molar-refractivity contribution in [1.29, 1.82) is 0 Å². The highest BCUT2D eigenvalue weighted by Gasteiger charge is 2.32. The summed E-state index contributed by atoms with van der Waals surface area (Å²) in [6.45, 7) is 12.4. The number of aromatic nitrogens is 1. The van der Waals surface area contributed by atoms with Gasteiger partial charge in [-0.25, -0.2) is 0 Å². The van der Waals surface area contributed by atoms with Crippen molar-refractivity contribution in [3.05, 3.63) is 57.9 Å². The van der Waals surface area contributed by atoms with Crippen LogP contribution in [0.25, 0.3) is 0 Å². The molecule has 1 aromatic carbocycles. The van der Waals surface area contributed by atoms with Crippen molar-refractivity contribution in [3.63, 3.8) is 0 Å². The topological polar surface area (TPSA) is 51.5 Å². The molecule has 3 rings (SSSR count). The van der Waals surface area contributed by atoms with Crippen LogP contribution in [-0.4, -0.2) is 41.0 Å². The van der Waals surface area contributed by atoms with Crippen molar-refractivity contribution in [2.75, 3.05) is 19.7 Å². The Bertz CT molecular complexity index is 929. The summed E-state index contributed by atoms with van der Waals surface area (Å²) in [5.41, 5.74) is 6.66. The first-order valence-corrected chi connectivity index (χ1v) is 11.1. The molecule has 1 aliphatic heterocycles. The van der Waals surface area contributed by atoms with Gasteiger partial charge in [-0.1, -0.05) is 31.2 Å². The van der Waals surface area contributed by atoms with Gasteiger partial charge in [0.2, 0.25) is 0 Å². The van der Waals surface area contributed by atoms with Crippen LogP contribution < -0.4 is 0 Å². The number of piperidine rings is 1. The zero-order valence-corrected chi connectivity index (χ0v) is 19.0. The first-order chi connectivity index (χ1) is 14.4. The van der Waals surface area contributed by atoms with Gasteiger partial charge in [0.25, 0.3) is 5.91 Å². The number of amides is 1. The smallest absolute Gasteiger partial charge is 0.310 e. The molecule has 1 saturated heterocycles. The van der Waals surface area contributed by atoms with Gasteiger partial charge in [0, 0.05) is 25.3 Å². The highest BCUT2D eigenvalue weighted by atomic mass is 16.5. The second-order valence-corrected chi connectivity index (χ2v) is 8.25. The van der Waals surface area contributed by atoms with Crippen LogP contribution in [0.1, 0.15) is 65.1 Å². The molecule has 0 saturated carbocycles. The highest BCUT2D eigenvalue weighted by Crippen LogP contribution is 2.28. The molecule has 2 heterocycles. The summed E-state index contributed by atoms with van der Waals surface area (Å²) < 4.78 is 7.39. The molecule has 162 valence electrons. The Hall–Kier alpha value is -2.56. The number of likely N-dealkylation sites (tertiary alicyclic amines) is 1. The van der Waals surface area contributed by atoms with Crippen LogP contribution in [0.5, 0.6) is 0 Å². The Morgan fingerprint density at radius 2 is 1.87 bits per heavy atom. The Kier molecular flexibility index (Phi) is 7.01. The minimum absolute atomic E-state index is 0.0258. The van der Waals surface area contributed by atoms with Crippen LogP contribution in [0.4, 0.5) is 0 Å². The molecular formula is C25H34N2O3. The Morgan fingerprint density at radius 1 is 1.13 bits per heavy atom. The van der Waals surface area contributed by atoms with Gasteiger partial charge in [0.15, 0.2) is 0 Å². The number of benzene rings is 1. The van der Waals surface area contributed by atoms with E-state index in [-0.39, 0.29) is 17.8 Å². The van der Waals surface area contributed by atoms with Crippen molar-refractivity contribution in [2.45, 2.75) is 60.4 Å². The maximum absolute atomic E-state index is 13.7. The number of carbonyl (C=O) groups excluding carboxylic acids is 2. The van der Waals surface area contributed by atoms with Crippen molar-refractivity contribution < 1.29 is 14.3 Å². The minimum Gasteiger partial charge on any atom is -0.466 e. The lowest BCUT2D eigenvalue weighted by atomic mass is 9.97. The zero-order chi connectivity index (χ0) is 21.8. The standard InChI is InChI=1S/C25H34N2O3/c1-6-22-18(4)23(27(19(22)5)16-20-12-9-8-11-17(20)3)24(28)26-14-10-13-21(15-26)25(29)30-7-2/h8-9,11-12,21H,6-7,10,13-16H2,1-5H3. The van der Waals surface area contributed by atoms with E-state index in [0.29, 0.717) is 26.2 Å². The molecule has 30 heavy (non-hydrogen) atoms. The summed E-state index contributed by atoms with van der Waals surface area (Å²) in [5, 5.41) is 0. The van der Waals surface area contributed by atoms with Crippen LogP contribution in [0.3, 0.4) is 0 Å². The molecule has 1 unspecified atom stereocenters. The fraction of sp³-hybridized carbons (Fsp3) is 0.520. The molecule has 5 nitrogen and oxygen atoms in total. The number of hydrogen-bond donors (Lipinski definition) is 0. The molecular weight excluding hydrogens is 376 g/mol. The van der Waals surface area contributed by atoms with Gasteiger partial charge in [0.1, 0.15) is 5.69 Å². The Morgan fingerprint density at radius 3 is 2.53 bits per heavy atom. The molecule has 0 radical (unpaired) electrons. The fourth-order valence-corrected chi connectivity index (χ4v) is 4.66. The van der Waals surface area contributed by atoms with Crippen LogP contribution in [0.15, 0.2) is 24.3 Å². The van der Waals surface area contributed by atoms with E-state index in [4.69, 9.17) is 4.74 Å². The third kappa shape index (κ3) is 4.30. The molecule has 0 bridgehead atoms. The van der Waals surface area contributed by atoms with Crippen molar-refractivity contribution >= 4 is 11.9 Å². The summed E-state index contributed by atoms with van der Waals surface area (Å²) >= 11 is 0. The molecule has 0 spiro atoms. The normalized spacial score (nSPS) is 16.6. The number of hydrogen-bond acceptors (Lipinski definition) is 3. The summed E-state index contributed by atoms with van der Waals surface area (Å²) in [6, 6.07) is 8.32. The van der Waals surface area contributed by atoms with Crippen molar-refractivity contribution in [1.82, 2.24) is 9.47 Å². The fourth-order valence-electron chi connectivity index (χ4n) is 4.66. The van der Waals surface area contributed by atoms with Gasteiger partial charge in [0.05, 0.1) is 12.5 Å². The molecule has 1 fully saturated rings. The Labute approximate surface area is 180 Å². The van der Waals surface area contributed by atoms with E-state index >= 15 is 0 Å². The molecule has 5 heteroatoms. The third-order valence-corrected chi connectivity index (χ3v) is 6.39. The second kappa shape index (κ2) is 9.50. The second-order valence-electron chi connectivity index (χ2n) is 8.25. The maximum atomic E-state index is 13.7. The van der Waals surface area contributed by atoms with E-state index < -0.39 is 0 Å². The highest BCUT2D eigenvalue weighted by molar-refractivity contribution is 5.95. The molecule has 0 aliphatic carbocycles. The summed E-state index contributed by atoms with van der Waals surface area (Å²) in [5.74, 6) is -0.389. The van der Waals surface area contributed by atoms with E-state index in [1.807, 2.05) is 24.0 Å². The molecule has 1 atom stereocenters. The van der Waals surface area contributed by atoms with Crippen LogP contribution in [-0.2, 0) is 22.5 Å². The average molecular weight is 411 g/mol. The number of nitrogens with zero attached hydrogens (tertiary/aromatic N) is 2. The number of rotatable bonds is 6. The first-order valence-electron chi connectivity index (χ1n) is 11.1. The third-order valence-electron chi connectivity index (χ3n) is 6.39. The van der Waals surface area contributed by atoms with Crippen molar-refractivity contribution in [3.8, 4) is 0 Å². The predicted molar refractivity (Wildman–Crippen MR) is 119 cm³/mol. The summed E-state index contributed by atoms with van der Waals surface area (Å²) in [4.78, 5) is 27.8. The number of ether oxygens (including phenoxy) is 1. The number of carbonyl (C=O) groups is 2. The van der Waals surface area contributed by atoms with Crippen LogP contribution in [0, 0.1) is 26.7 Å². The molecule has 2 aromatic rings. The van der Waals surface area contributed by atoms with Crippen molar-refractivity contribution in [2.24, 2.45) is 5.92 Å². The first kappa shape index (κ1) is 22.1. The predicted octanol–water partition coefficient (Wildman–Crippen LogP) is 4.44. The summed E-state index contributed by atoms with van der Waals surface area (Å²) in [6.07, 6.45) is 2.50. The lowest BCUT2D eigenvalue weighted by Gasteiger charge is -2.32. The number of esters is 1. The lowest BCUT2D eigenvalue weighted by molar-refractivity contribution is -0.149. The van der Waals surface area contributed by atoms with E-state index in [1.54, 1.807) is 0 Å². The molecule has 1 aliphatic rings. The maximum Gasteiger partial charge on any atom is 0.310 e. The van der Waals surface area contributed by atoms with E-state index in [1.165, 1.54) is 16.7 Å². The largest absolute Gasteiger partial charge is 0.466 e. The number of aryl methyl sites for hydroxylation is 1. The SMILES string of the molecule is CCOC(=O)C1CCCN(C(=O)c2c(C)c(CC)c(C)n2Cc2ccccc2C)C1. The van der Waals surface area contributed by atoms with E-state index in [9.17, 15) is 9.59 Å². The van der Waals surface area contributed by atoms with Gasteiger partial charge in [-0.15, -0.1) is 0 Å². The lowest BCUT2D eigenvalue weighted by Crippen LogP contribution is -2.43. The van der Waals surface area contributed by atoms with E-state index in [2.05, 4.69) is 44.4 Å². The zero-order valence-electron chi connectivity index (χ0n) is 19.0. The van der Waals surface area contributed by atoms with Crippen LogP contribution >= 0.6 is 0 Å². The molecule has 0 N–H and O–H groups in total. The van der Waals surface area contributed by atoms with Gasteiger partial charge in [-0.05, 0) is 69.2 Å². The van der Waals surface area contributed by atoms with Crippen LogP contribution in [0.2, 0.25) is 0 Å². The van der Waals surface area contributed by atoms with Gasteiger partial charge >= 0.3 is 5.97 Å². The van der Waals surface area contributed by atoms with Gasteiger partial charge in [-0.3, -0.25) is 9.59 Å². The summed E-state index contributed by atoms with van der Waals surface area (Å²) in [7, 11) is 0. The minimum atomic E-state index is -0.227. The monoisotopic (exact) mass is 410 g/mol. The van der Waals surface area contributed by atoms with Gasteiger partial charge < -0.3 is 14.2 Å².